The average molecular weight is 864 g/mol. The Morgan fingerprint density at radius 3 is 1.98 bits per heavy atom. The summed E-state index contributed by atoms with van der Waals surface area (Å²) < 4.78 is 11.3. The predicted molar refractivity (Wildman–Crippen MR) is 235 cm³/mol. The number of urea groups is 1. The Bertz CT molecular complexity index is 2080. The normalized spacial score (nSPS) is 16.7. The van der Waals surface area contributed by atoms with Crippen LogP contribution in [0.5, 0.6) is 5.75 Å². The van der Waals surface area contributed by atoms with Crippen molar-refractivity contribution in [3.8, 4) is 5.75 Å². The number of hydrogen-bond donors (Lipinski definition) is 4. The molecule has 0 atom stereocenters. The van der Waals surface area contributed by atoms with Gasteiger partial charge in [-0.2, -0.15) is 0 Å². The fourth-order valence-electron chi connectivity index (χ4n) is 7.77. The number of ether oxygens (including phenoxy) is 2. The van der Waals surface area contributed by atoms with Crippen LogP contribution in [0.4, 0.5) is 26.7 Å². The average Bonchev–Trinajstić information content (AvgIpc) is 4.22. The van der Waals surface area contributed by atoms with E-state index in [0.717, 1.165) is 51.1 Å². The standard InChI is InChI=1S/C47H57N7O9/c55-40(34-17-18-34)29-53-38-14-2-3-15-39(38)54(30-41(56)35-19-20-35)45(59)43(44(53)58)51-46(60)50-36-12-6-11-33(26-36)31-63-47(61)49-21-8-16-42(57)48-22-9-25-62-37-13-7-10-32(27-37)28-52-23-4-1-5-24-52/h2-3,6-7,10-15,26-27,34-35,43H,1,4-5,8-9,16-25,28-31H2,(H,48,57)(H,49,61)(H2,50,51,60). The number of carbonyl (C=O) groups is 7. The topological polar surface area (TPSA) is 196 Å². The van der Waals surface area contributed by atoms with Gasteiger partial charge in [-0.25, -0.2) is 9.59 Å². The van der Waals surface area contributed by atoms with E-state index in [0.29, 0.717) is 48.6 Å². The van der Waals surface area contributed by atoms with Crippen LogP contribution in [-0.4, -0.2) is 98.2 Å². The van der Waals surface area contributed by atoms with Gasteiger partial charge in [0.1, 0.15) is 12.4 Å². The number of benzene rings is 3. The summed E-state index contributed by atoms with van der Waals surface area (Å²) >= 11 is 0. The summed E-state index contributed by atoms with van der Waals surface area (Å²) in [5, 5.41) is 10.7. The van der Waals surface area contributed by atoms with Gasteiger partial charge in [0.2, 0.25) is 5.91 Å². The highest BCUT2D eigenvalue weighted by Crippen LogP contribution is 2.37. The molecule has 2 heterocycles. The number of nitrogens with one attached hydrogen (secondary N) is 4. The summed E-state index contributed by atoms with van der Waals surface area (Å²) in [5.74, 6) is -1.45. The number of alkyl carbamates (subject to hydrolysis) is 1. The van der Waals surface area contributed by atoms with Crippen molar-refractivity contribution in [2.24, 2.45) is 11.8 Å². The first-order valence-electron chi connectivity index (χ1n) is 22.2. The van der Waals surface area contributed by atoms with Gasteiger partial charge >= 0.3 is 12.1 Å². The number of ketones is 2. The van der Waals surface area contributed by atoms with Crippen molar-refractivity contribution in [2.75, 3.05) is 61.0 Å². The van der Waals surface area contributed by atoms with E-state index in [1.165, 1.54) is 34.6 Å². The van der Waals surface area contributed by atoms with E-state index < -0.39 is 30.0 Å². The van der Waals surface area contributed by atoms with E-state index in [-0.39, 0.29) is 62.0 Å². The first-order valence-corrected chi connectivity index (χ1v) is 22.2. The third-order valence-corrected chi connectivity index (χ3v) is 11.5. The maximum atomic E-state index is 14.1. The Morgan fingerprint density at radius 1 is 0.683 bits per heavy atom. The molecule has 16 nitrogen and oxygen atoms in total. The molecule has 1 saturated heterocycles. The van der Waals surface area contributed by atoms with Crippen LogP contribution >= 0.6 is 0 Å². The smallest absolute Gasteiger partial charge is 0.407 e. The second-order valence-corrected chi connectivity index (χ2v) is 16.7. The molecule has 3 aromatic rings. The molecule has 0 unspecified atom stereocenters. The van der Waals surface area contributed by atoms with Crippen LogP contribution in [0.1, 0.15) is 75.3 Å². The molecule has 0 spiro atoms. The molecule has 0 aromatic heterocycles. The summed E-state index contributed by atoms with van der Waals surface area (Å²) in [6.07, 6.45) is 7.37. The molecule has 0 bridgehead atoms. The zero-order chi connectivity index (χ0) is 44.1. The number of anilines is 3. The van der Waals surface area contributed by atoms with E-state index in [9.17, 15) is 33.6 Å². The van der Waals surface area contributed by atoms with E-state index in [1.54, 1.807) is 48.5 Å². The zero-order valence-corrected chi connectivity index (χ0v) is 35.6. The fraction of sp³-hybridized carbons (Fsp3) is 0.468. The minimum atomic E-state index is -1.72. The van der Waals surface area contributed by atoms with E-state index in [4.69, 9.17) is 9.47 Å². The molecule has 0 radical (unpaired) electrons. The number of hydrogen-bond acceptors (Lipinski definition) is 10. The minimum absolute atomic E-state index is 0.123. The van der Waals surface area contributed by atoms with Crippen LogP contribution in [-0.2, 0) is 41.9 Å². The summed E-state index contributed by atoms with van der Waals surface area (Å²) in [4.78, 5) is 97.2. The molecule has 4 aliphatic rings. The number of para-hydroxylation sites is 2. The minimum Gasteiger partial charge on any atom is -0.494 e. The number of amides is 6. The Hall–Kier alpha value is -6.29. The Kier molecular flexibility index (Phi) is 15.4. The molecule has 334 valence electrons. The lowest BCUT2D eigenvalue weighted by Gasteiger charge is -2.26. The highest BCUT2D eigenvalue weighted by molar-refractivity contribution is 6.23. The van der Waals surface area contributed by atoms with Crippen molar-refractivity contribution in [3.63, 3.8) is 0 Å². The lowest BCUT2D eigenvalue weighted by Crippen LogP contribution is -2.57. The first kappa shape index (κ1) is 44.8. The van der Waals surface area contributed by atoms with Crippen LogP contribution < -0.4 is 35.8 Å². The van der Waals surface area contributed by atoms with Crippen LogP contribution in [0, 0.1) is 11.8 Å². The van der Waals surface area contributed by atoms with Crippen molar-refractivity contribution in [3.05, 3.63) is 83.9 Å². The number of likely N-dealkylation sites (tertiary alicyclic amines) is 1. The second-order valence-electron chi connectivity index (χ2n) is 16.7. The lowest BCUT2D eigenvalue weighted by atomic mass is 10.1. The quantitative estimate of drug-likeness (QED) is 0.0828. The maximum absolute atomic E-state index is 14.1. The van der Waals surface area contributed by atoms with Gasteiger partial charge in [-0.15, -0.1) is 0 Å². The third kappa shape index (κ3) is 13.1. The van der Waals surface area contributed by atoms with Gasteiger partial charge < -0.3 is 40.5 Å². The number of piperidine rings is 1. The number of fused-ring (bicyclic) bond motifs is 1. The van der Waals surface area contributed by atoms with Gasteiger partial charge in [-0.1, -0.05) is 42.8 Å². The molecule has 6 amide bonds. The van der Waals surface area contributed by atoms with Crippen molar-refractivity contribution < 1.29 is 43.0 Å². The van der Waals surface area contributed by atoms with E-state index in [1.807, 2.05) is 12.1 Å². The number of Topliss-reactive ketones (excluding diaryl/α,β-unsaturated/α-hetero) is 2. The molecule has 3 aromatic carbocycles. The van der Waals surface area contributed by atoms with Crippen LogP contribution in [0.15, 0.2) is 72.8 Å². The third-order valence-electron chi connectivity index (χ3n) is 11.5. The van der Waals surface area contributed by atoms with Gasteiger partial charge in [-0.3, -0.25) is 28.9 Å². The molecule has 63 heavy (non-hydrogen) atoms. The van der Waals surface area contributed by atoms with Gasteiger partial charge in [0, 0.05) is 43.6 Å². The summed E-state index contributed by atoms with van der Waals surface area (Å²) in [6, 6.07) is 18.7. The van der Waals surface area contributed by atoms with Gasteiger partial charge in [0.25, 0.3) is 11.8 Å². The molecule has 16 heteroatoms. The van der Waals surface area contributed by atoms with Crippen LogP contribution in [0.25, 0.3) is 0 Å². The number of nitrogens with zero attached hydrogens (tertiary/aromatic N) is 3. The summed E-state index contributed by atoms with van der Waals surface area (Å²) in [6.45, 7) is 3.73. The van der Waals surface area contributed by atoms with Crippen molar-refractivity contribution in [1.29, 1.82) is 0 Å². The highest BCUT2D eigenvalue weighted by Gasteiger charge is 2.44. The van der Waals surface area contributed by atoms with Gasteiger partial charge in [0.05, 0.1) is 31.1 Å². The molecular formula is C47H57N7O9. The molecule has 3 fully saturated rings. The molecule has 2 saturated carbocycles. The molecule has 7 rings (SSSR count). The van der Waals surface area contributed by atoms with Crippen LogP contribution in [0.3, 0.4) is 0 Å². The van der Waals surface area contributed by atoms with Crippen molar-refractivity contribution in [1.82, 2.24) is 20.9 Å². The molecular weight excluding hydrogens is 807 g/mol. The summed E-state index contributed by atoms with van der Waals surface area (Å²) in [7, 11) is 0. The zero-order valence-electron chi connectivity index (χ0n) is 35.6. The SMILES string of the molecule is O=C(CCCNC(=O)OCc1cccc(NC(=O)NC2C(=O)N(CC(=O)C3CC3)c3ccccc3N(CC(=O)C3CC3)C2=O)c1)NCCCOc1cccc(CN2CCCCC2)c1. The predicted octanol–water partition coefficient (Wildman–Crippen LogP) is 5.09. The second kappa shape index (κ2) is 21.7. The largest absolute Gasteiger partial charge is 0.494 e. The van der Waals surface area contributed by atoms with Gasteiger partial charge in [-0.05, 0) is 112 Å². The lowest BCUT2D eigenvalue weighted by molar-refractivity contribution is -0.131. The highest BCUT2D eigenvalue weighted by atomic mass is 16.5. The molecule has 2 aliphatic heterocycles. The molecule has 4 N–H and O–H groups in total. The Balaban J connectivity index is 0.820. The molecule has 2 aliphatic carbocycles. The van der Waals surface area contributed by atoms with Crippen LogP contribution in [0.2, 0.25) is 0 Å². The summed E-state index contributed by atoms with van der Waals surface area (Å²) in [5.41, 5.74) is 2.70. The first-order chi connectivity index (χ1) is 30.6. The number of carbonyl (C=O) groups excluding carboxylic acids is 7. The van der Waals surface area contributed by atoms with E-state index in [2.05, 4.69) is 38.3 Å². The fourth-order valence-corrected chi connectivity index (χ4v) is 7.77. The Labute approximate surface area is 367 Å². The maximum Gasteiger partial charge on any atom is 0.407 e. The van der Waals surface area contributed by atoms with Crippen molar-refractivity contribution in [2.45, 2.75) is 83.4 Å². The number of rotatable bonds is 21. The van der Waals surface area contributed by atoms with Crippen molar-refractivity contribution >= 4 is 58.5 Å². The Morgan fingerprint density at radius 2 is 1.32 bits per heavy atom. The van der Waals surface area contributed by atoms with E-state index >= 15 is 0 Å². The monoisotopic (exact) mass is 863 g/mol. The van der Waals surface area contributed by atoms with Gasteiger partial charge in [0.15, 0.2) is 17.6 Å².